The Morgan fingerprint density at radius 1 is 1.53 bits per heavy atom. The molecule has 1 aromatic rings. The molecule has 1 heterocycles. The third kappa shape index (κ3) is 2.95. The highest BCUT2D eigenvalue weighted by molar-refractivity contribution is 9.10. The minimum atomic E-state index is 0.524. The van der Waals surface area contributed by atoms with E-state index in [0.29, 0.717) is 5.41 Å². The largest absolute Gasteiger partial charge is 0.330 e. The number of thioether (sulfide) groups is 1. The van der Waals surface area contributed by atoms with Crippen LogP contribution < -0.4 is 5.73 Å². The van der Waals surface area contributed by atoms with E-state index < -0.39 is 0 Å². The Morgan fingerprint density at radius 2 is 2.33 bits per heavy atom. The second kappa shape index (κ2) is 4.85. The fourth-order valence-corrected chi connectivity index (χ4v) is 3.46. The first-order valence-corrected chi connectivity index (χ1v) is 6.97. The van der Waals surface area contributed by atoms with Gasteiger partial charge in [-0.3, -0.25) is 0 Å². The molecule has 0 bridgehead atoms. The van der Waals surface area contributed by atoms with Crippen LogP contribution >= 0.6 is 27.7 Å². The molecule has 0 amide bonds. The molecule has 0 spiro atoms. The van der Waals surface area contributed by atoms with Crippen LogP contribution in [-0.2, 0) is 0 Å². The van der Waals surface area contributed by atoms with Crippen molar-refractivity contribution in [2.75, 3.05) is 12.3 Å². The maximum absolute atomic E-state index is 5.62. The van der Waals surface area contributed by atoms with Gasteiger partial charge in [0.1, 0.15) is 5.03 Å². The standard InChI is InChI=1S/C11H15BrN2S/c12-9-2-1-7-14-10(9)15-8-11(3-4-11)5-6-13/h1-2,7H,3-6,8,13H2. The molecule has 1 aliphatic rings. The van der Waals surface area contributed by atoms with Crippen LogP contribution in [-0.4, -0.2) is 17.3 Å². The van der Waals surface area contributed by atoms with Gasteiger partial charge in [0.15, 0.2) is 0 Å². The highest BCUT2D eigenvalue weighted by Crippen LogP contribution is 2.51. The Bertz CT molecular complexity index is 339. The van der Waals surface area contributed by atoms with Gasteiger partial charge in [0.25, 0.3) is 0 Å². The van der Waals surface area contributed by atoms with Crippen molar-refractivity contribution in [1.82, 2.24) is 4.98 Å². The quantitative estimate of drug-likeness (QED) is 0.846. The number of rotatable bonds is 5. The molecule has 0 unspecified atom stereocenters. The van der Waals surface area contributed by atoms with Crippen molar-refractivity contribution < 1.29 is 0 Å². The van der Waals surface area contributed by atoms with Gasteiger partial charge >= 0.3 is 0 Å². The van der Waals surface area contributed by atoms with E-state index in [1.807, 2.05) is 30.1 Å². The Morgan fingerprint density at radius 3 is 2.93 bits per heavy atom. The lowest BCUT2D eigenvalue weighted by Crippen LogP contribution is -2.11. The highest BCUT2D eigenvalue weighted by Gasteiger charge is 2.41. The topological polar surface area (TPSA) is 38.9 Å². The van der Waals surface area contributed by atoms with Gasteiger partial charge in [0, 0.05) is 16.4 Å². The van der Waals surface area contributed by atoms with Gasteiger partial charge in [-0.2, -0.15) is 0 Å². The maximum Gasteiger partial charge on any atom is 0.110 e. The molecule has 82 valence electrons. The lowest BCUT2D eigenvalue weighted by atomic mass is 10.1. The SMILES string of the molecule is NCCC1(CSc2ncccc2Br)CC1. The van der Waals surface area contributed by atoms with Gasteiger partial charge in [-0.25, -0.2) is 4.98 Å². The van der Waals surface area contributed by atoms with E-state index in [0.717, 1.165) is 28.2 Å². The number of pyridine rings is 1. The summed E-state index contributed by atoms with van der Waals surface area (Å²) < 4.78 is 1.10. The van der Waals surface area contributed by atoms with Crippen LogP contribution in [0.2, 0.25) is 0 Å². The van der Waals surface area contributed by atoms with Crippen molar-refractivity contribution in [1.29, 1.82) is 0 Å². The first kappa shape index (κ1) is 11.4. The van der Waals surface area contributed by atoms with Crippen molar-refractivity contribution in [2.45, 2.75) is 24.3 Å². The zero-order valence-electron chi connectivity index (χ0n) is 8.58. The zero-order chi connectivity index (χ0) is 10.7. The maximum atomic E-state index is 5.62. The summed E-state index contributed by atoms with van der Waals surface area (Å²) >= 11 is 5.36. The first-order valence-electron chi connectivity index (χ1n) is 5.19. The van der Waals surface area contributed by atoms with E-state index in [1.54, 1.807) is 0 Å². The summed E-state index contributed by atoms with van der Waals surface area (Å²) in [6.45, 7) is 0.809. The molecule has 0 atom stereocenters. The van der Waals surface area contributed by atoms with E-state index in [1.165, 1.54) is 12.8 Å². The normalized spacial score (nSPS) is 17.7. The van der Waals surface area contributed by atoms with E-state index in [9.17, 15) is 0 Å². The molecule has 15 heavy (non-hydrogen) atoms. The monoisotopic (exact) mass is 286 g/mol. The molecule has 0 radical (unpaired) electrons. The summed E-state index contributed by atoms with van der Waals surface area (Å²) in [7, 11) is 0. The lowest BCUT2D eigenvalue weighted by Gasteiger charge is -2.12. The Hall–Kier alpha value is -0.0600. The first-order chi connectivity index (χ1) is 7.26. The zero-order valence-corrected chi connectivity index (χ0v) is 11.0. The molecule has 1 fully saturated rings. The fraction of sp³-hybridized carbons (Fsp3) is 0.545. The summed E-state index contributed by atoms with van der Waals surface area (Å²) in [5, 5.41) is 1.10. The molecular formula is C11H15BrN2S. The minimum Gasteiger partial charge on any atom is -0.330 e. The van der Waals surface area contributed by atoms with Crippen LogP contribution in [0.5, 0.6) is 0 Å². The molecule has 0 aromatic carbocycles. The van der Waals surface area contributed by atoms with Crippen molar-refractivity contribution in [3.8, 4) is 0 Å². The van der Waals surface area contributed by atoms with Crippen molar-refractivity contribution in [3.63, 3.8) is 0 Å². The van der Waals surface area contributed by atoms with Gasteiger partial charge < -0.3 is 5.73 Å². The lowest BCUT2D eigenvalue weighted by molar-refractivity contribution is 0.537. The molecular weight excluding hydrogens is 272 g/mol. The second-order valence-electron chi connectivity index (χ2n) is 4.12. The average molecular weight is 287 g/mol. The summed E-state index contributed by atoms with van der Waals surface area (Å²) in [5.74, 6) is 1.15. The molecule has 1 saturated carbocycles. The van der Waals surface area contributed by atoms with E-state index in [2.05, 4.69) is 20.9 Å². The number of nitrogens with two attached hydrogens (primary N) is 1. The van der Waals surface area contributed by atoms with Gasteiger partial charge in [0.2, 0.25) is 0 Å². The summed E-state index contributed by atoms with van der Waals surface area (Å²) in [6, 6.07) is 3.98. The van der Waals surface area contributed by atoms with Gasteiger partial charge in [-0.1, -0.05) is 0 Å². The van der Waals surface area contributed by atoms with E-state index >= 15 is 0 Å². The van der Waals surface area contributed by atoms with Gasteiger partial charge in [0.05, 0.1) is 0 Å². The van der Waals surface area contributed by atoms with Crippen molar-refractivity contribution >= 4 is 27.7 Å². The number of hydrogen-bond donors (Lipinski definition) is 1. The third-order valence-electron chi connectivity index (χ3n) is 2.87. The summed E-state index contributed by atoms with van der Waals surface area (Å²) in [5.41, 5.74) is 6.14. The molecule has 0 saturated heterocycles. The van der Waals surface area contributed by atoms with Crippen LogP contribution in [0.1, 0.15) is 19.3 Å². The van der Waals surface area contributed by atoms with Crippen LogP contribution in [0.3, 0.4) is 0 Å². The smallest absolute Gasteiger partial charge is 0.110 e. The molecule has 2 nitrogen and oxygen atoms in total. The van der Waals surface area contributed by atoms with Crippen LogP contribution in [0, 0.1) is 5.41 Å². The number of aromatic nitrogens is 1. The summed E-state index contributed by atoms with van der Waals surface area (Å²) in [6.07, 6.45) is 5.67. The predicted octanol–water partition coefficient (Wildman–Crippen LogP) is 3.07. The molecule has 0 aliphatic heterocycles. The third-order valence-corrected chi connectivity index (χ3v) is 5.13. The number of hydrogen-bond acceptors (Lipinski definition) is 3. The minimum absolute atomic E-state index is 0.524. The van der Waals surface area contributed by atoms with Gasteiger partial charge in [-0.15, -0.1) is 11.8 Å². The fourth-order valence-electron chi connectivity index (χ4n) is 1.65. The average Bonchev–Trinajstić information content (AvgIpc) is 2.98. The summed E-state index contributed by atoms with van der Waals surface area (Å²) in [4.78, 5) is 4.35. The molecule has 1 aromatic heterocycles. The number of nitrogens with zero attached hydrogens (tertiary/aromatic N) is 1. The molecule has 4 heteroatoms. The molecule has 2 rings (SSSR count). The van der Waals surface area contributed by atoms with Crippen molar-refractivity contribution in [2.24, 2.45) is 11.1 Å². The Balaban J connectivity index is 1.91. The predicted molar refractivity (Wildman–Crippen MR) is 68.0 cm³/mol. The van der Waals surface area contributed by atoms with Crippen LogP contribution in [0.25, 0.3) is 0 Å². The van der Waals surface area contributed by atoms with Crippen molar-refractivity contribution in [3.05, 3.63) is 22.8 Å². The number of halogens is 1. The van der Waals surface area contributed by atoms with E-state index in [4.69, 9.17) is 5.73 Å². The highest BCUT2D eigenvalue weighted by atomic mass is 79.9. The van der Waals surface area contributed by atoms with Crippen LogP contribution in [0.15, 0.2) is 27.8 Å². The Labute approximate surface area is 103 Å². The van der Waals surface area contributed by atoms with E-state index in [-0.39, 0.29) is 0 Å². The second-order valence-corrected chi connectivity index (χ2v) is 5.94. The van der Waals surface area contributed by atoms with Crippen LogP contribution in [0.4, 0.5) is 0 Å². The Kier molecular flexibility index (Phi) is 3.69. The van der Waals surface area contributed by atoms with Gasteiger partial charge in [-0.05, 0) is 59.3 Å². The molecule has 2 N–H and O–H groups in total. The molecule has 1 aliphatic carbocycles.